The molecule has 6 atom stereocenters. The zero-order chi connectivity index (χ0) is 24.9. The third kappa shape index (κ3) is 5.19. The predicted octanol–water partition coefficient (Wildman–Crippen LogP) is 4.80. The highest BCUT2D eigenvalue weighted by atomic mass is 19.4. The van der Waals surface area contributed by atoms with Gasteiger partial charge in [0.25, 0.3) is 0 Å². The number of nitrogens with zero attached hydrogens (tertiary/aromatic N) is 2. The lowest BCUT2D eigenvalue weighted by Crippen LogP contribution is -2.33. The van der Waals surface area contributed by atoms with Crippen molar-refractivity contribution in [2.24, 2.45) is 28.5 Å². The maximum absolute atomic E-state index is 13.9. The van der Waals surface area contributed by atoms with Gasteiger partial charge in [0.15, 0.2) is 0 Å². The van der Waals surface area contributed by atoms with E-state index in [1.54, 1.807) is 13.0 Å². The number of hydrogen-bond acceptors (Lipinski definition) is 4. The van der Waals surface area contributed by atoms with Crippen LogP contribution in [0.25, 0.3) is 0 Å². The minimum atomic E-state index is -4.67. The third-order valence-electron chi connectivity index (χ3n) is 8.40. The number of aryl methyl sites for hydroxylation is 2. The van der Waals surface area contributed by atoms with E-state index in [1.807, 2.05) is 19.1 Å². The number of likely N-dealkylation sites (tertiary alicyclic amines) is 1. The minimum absolute atomic E-state index is 0.196. The number of nitrogens with two attached hydrogens (primary N) is 1. The number of amidine groups is 1. The van der Waals surface area contributed by atoms with Crippen molar-refractivity contribution in [2.45, 2.75) is 70.4 Å². The lowest BCUT2D eigenvalue weighted by Gasteiger charge is -2.25. The highest BCUT2D eigenvalue weighted by molar-refractivity contribution is 6.13. The molecule has 5 rings (SSSR count). The molecule has 3 heterocycles. The number of allylic oxidation sites excluding steroid dienone is 1. The van der Waals surface area contributed by atoms with E-state index in [0.29, 0.717) is 35.5 Å². The minimum Gasteiger partial charge on any atom is -0.383 e. The number of ether oxygens (including phenoxy) is 1. The van der Waals surface area contributed by atoms with Crippen LogP contribution in [0.4, 0.5) is 13.2 Å². The zero-order valence-corrected chi connectivity index (χ0v) is 20.4. The van der Waals surface area contributed by atoms with Gasteiger partial charge in [0.05, 0.1) is 29.5 Å². The summed E-state index contributed by atoms with van der Waals surface area (Å²) in [5, 5.41) is 8.30. The van der Waals surface area contributed by atoms with Crippen molar-refractivity contribution >= 4 is 11.5 Å². The molecule has 2 bridgehead atoms. The molecule has 1 aromatic rings. The number of fused-ring (bicyclic) bond motifs is 3. The molecule has 3 N–H and O–H groups in total. The van der Waals surface area contributed by atoms with E-state index in [4.69, 9.17) is 15.9 Å². The summed E-state index contributed by atoms with van der Waals surface area (Å²) in [6, 6.07) is 5.21. The average Bonchev–Trinajstić information content (AvgIpc) is 3.54. The molecule has 4 fully saturated rings. The number of rotatable bonds is 6. The highest BCUT2D eigenvalue weighted by Crippen LogP contribution is 2.43. The number of hydrogen-bond donors (Lipinski definition) is 2. The first kappa shape index (κ1) is 24.5. The summed E-state index contributed by atoms with van der Waals surface area (Å²) in [4.78, 5) is 6.87. The topological polar surface area (TPSA) is 74.7 Å². The molecule has 0 aromatic heterocycles. The monoisotopic (exact) mass is 488 g/mol. The Bertz CT molecular complexity index is 1040. The molecule has 3 unspecified atom stereocenters. The molecule has 1 aliphatic carbocycles. The Labute approximate surface area is 205 Å². The van der Waals surface area contributed by atoms with E-state index in [9.17, 15) is 13.2 Å². The standard InChI is InChI=1S/C27H35F3N4O/c1-15-3-4-16(2)22(7-15)24(31)11-23(27(28,29)30)26(32)33-20-8-17-12-34(13-18(17)9-20)14-19-10-21-5-6-25(19)35-21/h3-4,7,11,17-21,25,31H,5-6,8-10,12-14H2,1-2H3,(H2,32,33)/b23-11+,31-24?/t17-,18+,19-,20?,21?,25?/m0/s1. The fraction of sp³-hybridized carbons (Fsp3) is 0.630. The van der Waals surface area contributed by atoms with Gasteiger partial charge in [-0.25, -0.2) is 0 Å². The summed E-state index contributed by atoms with van der Waals surface area (Å²) in [5.41, 5.74) is 6.81. The van der Waals surface area contributed by atoms with Crippen LogP contribution in [0.5, 0.6) is 0 Å². The molecule has 35 heavy (non-hydrogen) atoms. The van der Waals surface area contributed by atoms with Crippen molar-refractivity contribution in [1.29, 1.82) is 5.41 Å². The van der Waals surface area contributed by atoms with Crippen LogP contribution in [-0.4, -0.2) is 60.5 Å². The maximum Gasteiger partial charge on any atom is 0.420 e. The molecule has 0 radical (unpaired) electrons. The smallest absolute Gasteiger partial charge is 0.383 e. The Morgan fingerprint density at radius 3 is 2.49 bits per heavy atom. The lowest BCUT2D eigenvalue weighted by atomic mass is 9.89. The van der Waals surface area contributed by atoms with Gasteiger partial charge >= 0.3 is 6.18 Å². The van der Waals surface area contributed by atoms with Gasteiger partial charge in [0, 0.05) is 31.1 Å². The van der Waals surface area contributed by atoms with E-state index in [2.05, 4.69) is 9.89 Å². The van der Waals surface area contributed by atoms with Crippen molar-refractivity contribution in [1.82, 2.24) is 4.90 Å². The molecule has 8 heteroatoms. The van der Waals surface area contributed by atoms with E-state index in [0.717, 1.165) is 49.7 Å². The van der Waals surface area contributed by atoms with Crippen LogP contribution in [-0.2, 0) is 4.74 Å². The highest BCUT2D eigenvalue weighted by Gasteiger charge is 2.45. The molecule has 3 saturated heterocycles. The molecule has 5 nitrogen and oxygen atoms in total. The lowest BCUT2D eigenvalue weighted by molar-refractivity contribution is -0.0860. The average molecular weight is 489 g/mol. The Kier molecular flexibility index (Phi) is 6.55. The first-order valence-electron chi connectivity index (χ1n) is 12.7. The maximum atomic E-state index is 13.9. The quantitative estimate of drug-likeness (QED) is 0.446. The summed E-state index contributed by atoms with van der Waals surface area (Å²) in [7, 11) is 0. The van der Waals surface area contributed by atoms with Gasteiger partial charge in [-0.2, -0.15) is 13.2 Å². The molecule has 4 aliphatic rings. The van der Waals surface area contributed by atoms with Crippen LogP contribution >= 0.6 is 0 Å². The Morgan fingerprint density at radius 1 is 1.17 bits per heavy atom. The first-order chi connectivity index (χ1) is 16.6. The fourth-order valence-corrected chi connectivity index (χ4v) is 6.70. The molecule has 1 aromatic carbocycles. The number of alkyl halides is 3. The van der Waals surface area contributed by atoms with Gasteiger partial charge in [0.1, 0.15) is 5.84 Å². The fourth-order valence-electron chi connectivity index (χ4n) is 6.70. The van der Waals surface area contributed by atoms with Crippen LogP contribution in [0.3, 0.4) is 0 Å². The van der Waals surface area contributed by atoms with E-state index < -0.39 is 17.6 Å². The number of aliphatic imine (C=N–C) groups is 1. The molecular weight excluding hydrogens is 453 g/mol. The SMILES string of the molecule is Cc1ccc(C)c(C(=N)/C=C(\C(N)=NC2C[C@@H]3CN(C[C@@H]4CC5CCC4O5)C[C@@H]3C2)C(F)(F)F)c1. The number of benzene rings is 1. The van der Waals surface area contributed by atoms with Crippen LogP contribution in [0, 0.1) is 37.0 Å². The first-order valence-corrected chi connectivity index (χ1v) is 12.7. The molecular formula is C27H35F3N4O. The Morgan fingerprint density at radius 2 is 1.89 bits per heavy atom. The van der Waals surface area contributed by atoms with E-state index in [1.165, 1.54) is 19.3 Å². The Balaban J connectivity index is 1.24. The van der Waals surface area contributed by atoms with Gasteiger partial charge in [0.2, 0.25) is 0 Å². The summed E-state index contributed by atoms with van der Waals surface area (Å²) >= 11 is 0. The third-order valence-corrected chi connectivity index (χ3v) is 8.40. The summed E-state index contributed by atoms with van der Waals surface area (Å²) in [5.74, 6) is 1.04. The van der Waals surface area contributed by atoms with Crippen LogP contribution in [0.1, 0.15) is 48.8 Å². The van der Waals surface area contributed by atoms with Crippen LogP contribution in [0.2, 0.25) is 0 Å². The molecule has 190 valence electrons. The number of nitrogens with one attached hydrogen (secondary N) is 1. The molecule has 0 amide bonds. The Hall–Kier alpha value is -2.19. The predicted molar refractivity (Wildman–Crippen MR) is 131 cm³/mol. The van der Waals surface area contributed by atoms with E-state index >= 15 is 0 Å². The van der Waals surface area contributed by atoms with Crippen molar-refractivity contribution in [2.75, 3.05) is 19.6 Å². The molecule has 1 saturated carbocycles. The van der Waals surface area contributed by atoms with Gasteiger partial charge in [-0.05, 0) is 75.5 Å². The summed E-state index contributed by atoms with van der Waals surface area (Å²) in [6.45, 7) is 6.69. The normalized spacial score (nSPS) is 33.5. The molecule has 0 spiro atoms. The second-order valence-electron chi connectivity index (χ2n) is 11.0. The largest absolute Gasteiger partial charge is 0.420 e. The molecule has 3 aliphatic heterocycles. The van der Waals surface area contributed by atoms with Crippen molar-refractivity contribution < 1.29 is 17.9 Å². The second kappa shape index (κ2) is 9.36. The summed E-state index contributed by atoms with van der Waals surface area (Å²) < 4.78 is 47.7. The number of halogens is 3. The van der Waals surface area contributed by atoms with Gasteiger partial charge in [-0.1, -0.05) is 17.7 Å². The van der Waals surface area contributed by atoms with Gasteiger partial charge < -0.3 is 20.8 Å². The summed E-state index contributed by atoms with van der Waals surface area (Å²) in [6.07, 6.45) is 2.13. The van der Waals surface area contributed by atoms with Gasteiger partial charge in [-0.15, -0.1) is 0 Å². The van der Waals surface area contributed by atoms with E-state index in [-0.39, 0.29) is 11.8 Å². The van der Waals surface area contributed by atoms with Crippen LogP contribution < -0.4 is 5.73 Å². The van der Waals surface area contributed by atoms with Gasteiger partial charge in [-0.3, -0.25) is 4.99 Å². The zero-order valence-electron chi connectivity index (χ0n) is 20.4. The van der Waals surface area contributed by atoms with Crippen molar-refractivity contribution in [3.63, 3.8) is 0 Å². The van der Waals surface area contributed by atoms with Crippen molar-refractivity contribution in [3.05, 3.63) is 46.5 Å². The van der Waals surface area contributed by atoms with Crippen molar-refractivity contribution in [3.8, 4) is 0 Å². The van der Waals surface area contributed by atoms with Crippen LogP contribution in [0.15, 0.2) is 34.8 Å². The second-order valence-corrected chi connectivity index (χ2v) is 11.0.